The highest BCUT2D eigenvalue weighted by Crippen LogP contribution is 2.27. The highest BCUT2D eigenvalue weighted by molar-refractivity contribution is 6.30. The van der Waals surface area contributed by atoms with Crippen molar-refractivity contribution in [3.05, 3.63) is 59.2 Å². The van der Waals surface area contributed by atoms with Crippen molar-refractivity contribution in [2.75, 3.05) is 5.73 Å². The first-order chi connectivity index (χ1) is 10.5. The van der Waals surface area contributed by atoms with E-state index in [1.54, 1.807) is 0 Å². The SMILES string of the molecule is CC(C)n1c(COc2cccc(Cl)c2)cc2cc(N)ccc21. The molecule has 0 unspecified atom stereocenters. The van der Waals surface area contributed by atoms with E-state index in [0.29, 0.717) is 17.7 Å². The van der Waals surface area contributed by atoms with Gasteiger partial charge in [0.15, 0.2) is 0 Å². The maximum absolute atomic E-state index is 5.99. The normalized spacial score (nSPS) is 11.3. The third-order valence-corrected chi connectivity index (χ3v) is 3.88. The lowest BCUT2D eigenvalue weighted by molar-refractivity contribution is 0.293. The number of anilines is 1. The van der Waals surface area contributed by atoms with Crippen LogP contribution in [0.15, 0.2) is 48.5 Å². The summed E-state index contributed by atoms with van der Waals surface area (Å²) in [6, 6.07) is 15.9. The van der Waals surface area contributed by atoms with Crippen LogP contribution in [0.25, 0.3) is 10.9 Å². The molecule has 0 aliphatic rings. The van der Waals surface area contributed by atoms with Gasteiger partial charge < -0.3 is 15.0 Å². The van der Waals surface area contributed by atoms with E-state index in [9.17, 15) is 0 Å². The summed E-state index contributed by atoms with van der Waals surface area (Å²) in [6.07, 6.45) is 0. The summed E-state index contributed by atoms with van der Waals surface area (Å²) in [4.78, 5) is 0. The zero-order valence-electron chi connectivity index (χ0n) is 12.7. The fourth-order valence-corrected chi connectivity index (χ4v) is 2.93. The van der Waals surface area contributed by atoms with E-state index in [1.165, 1.54) is 5.52 Å². The number of hydrogen-bond acceptors (Lipinski definition) is 2. The molecule has 3 aromatic rings. The van der Waals surface area contributed by atoms with E-state index < -0.39 is 0 Å². The van der Waals surface area contributed by atoms with Crippen LogP contribution in [0.1, 0.15) is 25.6 Å². The van der Waals surface area contributed by atoms with Gasteiger partial charge in [-0.05, 0) is 56.3 Å². The molecule has 3 nitrogen and oxygen atoms in total. The molecule has 1 aromatic heterocycles. The third kappa shape index (κ3) is 2.90. The Labute approximate surface area is 135 Å². The molecule has 0 radical (unpaired) electrons. The van der Waals surface area contributed by atoms with Crippen molar-refractivity contribution >= 4 is 28.2 Å². The number of nitrogen functional groups attached to an aromatic ring is 1. The van der Waals surface area contributed by atoms with Gasteiger partial charge in [-0.3, -0.25) is 0 Å². The summed E-state index contributed by atoms with van der Waals surface area (Å²) >= 11 is 5.99. The van der Waals surface area contributed by atoms with Crippen LogP contribution in [0.3, 0.4) is 0 Å². The molecule has 0 saturated heterocycles. The van der Waals surface area contributed by atoms with Crippen molar-refractivity contribution in [2.24, 2.45) is 0 Å². The lowest BCUT2D eigenvalue weighted by atomic mass is 10.2. The second kappa shape index (κ2) is 5.93. The number of aromatic nitrogens is 1. The Morgan fingerprint density at radius 1 is 1.14 bits per heavy atom. The van der Waals surface area contributed by atoms with Crippen LogP contribution in [0.2, 0.25) is 5.02 Å². The molecule has 114 valence electrons. The highest BCUT2D eigenvalue weighted by Gasteiger charge is 2.12. The smallest absolute Gasteiger partial charge is 0.128 e. The van der Waals surface area contributed by atoms with Gasteiger partial charge >= 0.3 is 0 Å². The Morgan fingerprint density at radius 3 is 2.68 bits per heavy atom. The molecule has 0 atom stereocenters. The Kier molecular flexibility index (Phi) is 3.99. The maximum Gasteiger partial charge on any atom is 0.128 e. The number of fused-ring (bicyclic) bond motifs is 1. The van der Waals surface area contributed by atoms with E-state index in [1.807, 2.05) is 36.4 Å². The van der Waals surface area contributed by atoms with Crippen molar-refractivity contribution in [2.45, 2.75) is 26.5 Å². The molecule has 22 heavy (non-hydrogen) atoms. The number of halogens is 1. The van der Waals surface area contributed by atoms with Gasteiger partial charge in [0, 0.05) is 27.7 Å². The van der Waals surface area contributed by atoms with Crippen LogP contribution in [0.5, 0.6) is 5.75 Å². The molecule has 3 rings (SSSR count). The fraction of sp³-hybridized carbons (Fsp3) is 0.222. The molecular formula is C18H19ClN2O. The van der Waals surface area contributed by atoms with Crippen LogP contribution in [0.4, 0.5) is 5.69 Å². The molecule has 2 N–H and O–H groups in total. The van der Waals surface area contributed by atoms with E-state index in [0.717, 1.165) is 22.5 Å². The van der Waals surface area contributed by atoms with Gasteiger partial charge in [0.25, 0.3) is 0 Å². The fourth-order valence-electron chi connectivity index (χ4n) is 2.75. The van der Waals surface area contributed by atoms with E-state index >= 15 is 0 Å². The first-order valence-corrected chi connectivity index (χ1v) is 7.70. The van der Waals surface area contributed by atoms with Crippen molar-refractivity contribution in [1.29, 1.82) is 0 Å². The van der Waals surface area contributed by atoms with Crippen LogP contribution >= 0.6 is 11.6 Å². The van der Waals surface area contributed by atoms with E-state index in [-0.39, 0.29) is 0 Å². The lowest BCUT2D eigenvalue weighted by Crippen LogP contribution is -2.08. The maximum atomic E-state index is 5.99. The number of benzene rings is 2. The first kappa shape index (κ1) is 14.8. The van der Waals surface area contributed by atoms with Gasteiger partial charge in [-0.2, -0.15) is 0 Å². The molecule has 1 heterocycles. The van der Waals surface area contributed by atoms with Crippen molar-refractivity contribution in [1.82, 2.24) is 4.57 Å². The predicted molar refractivity (Wildman–Crippen MR) is 92.5 cm³/mol. The standard InChI is InChI=1S/C18H19ClN2O/c1-12(2)21-16(9-13-8-15(20)6-7-18(13)21)11-22-17-5-3-4-14(19)10-17/h3-10,12H,11,20H2,1-2H3. The monoisotopic (exact) mass is 314 g/mol. The molecule has 0 fully saturated rings. The lowest BCUT2D eigenvalue weighted by Gasteiger charge is -2.15. The second-order valence-corrected chi connectivity index (χ2v) is 6.10. The Balaban J connectivity index is 1.94. The summed E-state index contributed by atoms with van der Waals surface area (Å²) in [5.74, 6) is 0.771. The van der Waals surface area contributed by atoms with Crippen LogP contribution in [-0.2, 0) is 6.61 Å². The Bertz CT molecular complexity index is 808. The molecule has 0 amide bonds. The summed E-state index contributed by atoms with van der Waals surface area (Å²) < 4.78 is 8.16. The van der Waals surface area contributed by atoms with E-state index in [2.05, 4.69) is 30.5 Å². The summed E-state index contributed by atoms with van der Waals surface area (Å²) in [6.45, 7) is 4.82. The van der Waals surface area contributed by atoms with Gasteiger partial charge in [0.2, 0.25) is 0 Å². The summed E-state index contributed by atoms with van der Waals surface area (Å²) in [5.41, 5.74) is 8.96. The number of nitrogens with two attached hydrogens (primary N) is 1. The van der Waals surface area contributed by atoms with Gasteiger partial charge in [-0.1, -0.05) is 17.7 Å². The number of hydrogen-bond donors (Lipinski definition) is 1. The predicted octanol–water partition coefficient (Wildman–Crippen LogP) is 5.04. The topological polar surface area (TPSA) is 40.2 Å². The molecule has 0 saturated carbocycles. The molecule has 0 bridgehead atoms. The molecular weight excluding hydrogens is 296 g/mol. The summed E-state index contributed by atoms with van der Waals surface area (Å²) in [7, 11) is 0. The second-order valence-electron chi connectivity index (χ2n) is 5.66. The van der Waals surface area contributed by atoms with Gasteiger partial charge in [0.05, 0.1) is 5.69 Å². The molecule has 0 aliphatic heterocycles. The average Bonchev–Trinajstić information content (AvgIpc) is 2.82. The van der Waals surface area contributed by atoms with Crippen LogP contribution < -0.4 is 10.5 Å². The minimum Gasteiger partial charge on any atom is -0.487 e. The van der Waals surface area contributed by atoms with Gasteiger partial charge in [-0.25, -0.2) is 0 Å². The van der Waals surface area contributed by atoms with Crippen molar-refractivity contribution in [3.63, 3.8) is 0 Å². The zero-order valence-corrected chi connectivity index (χ0v) is 13.5. The van der Waals surface area contributed by atoms with Gasteiger partial charge in [0.1, 0.15) is 12.4 Å². The molecule has 4 heteroatoms. The van der Waals surface area contributed by atoms with Gasteiger partial charge in [-0.15, -0.1) is 0 Å². The zero-order chi connectivity index (χ0) is 15.7. The number of nitrogens with zero attached hydrogens (tertiary/aromatic N) is 1. The van der Waals surface area contributed by atoms with Crippen LogP contribution in [0, 0.1) is 0 Å². The highest BCUT2D eigenvalue weighted by atomic mass is 35.5. The molecule has 0 aliphatic carbocycles. The number of rotatable bonds is 4. The Hall–Kier alpha value is -2.13. The quantitative estimate of drug-likeness (QED) is 0.685. The first-order valence-electron chi connectivity index (χ1n) is 7.32. The summed E-state index contributed by atoms with van der Waals surface area (Å²) in [5, 5.41) is 1.81. The minimum atomic E-state index is 0.346. The Morgan fingerprint density at radius 2 is 1.95 bits per heavy atom. The molecule has 2 aromatic carbocycles. The third-order valence-electron chi connectivity index (χ3n) is 3.64. The largest absolute Gasteiger partial charge is 0.487 e. The minimum absolute atomic E-state index is 0.346. The van der Waals surface area contributed by atoms with Crippen molar-refractivity contribution in [3.8, 4) is 5.75 Å². The van der Waals surface area contributed by atoms with Crippen molar-refractivity contribution < 1.29 is 4.74 Å². The average molecular weight is 315 g/mol. The molecule has 0 spiro atoms. The van der Waals surface area contributed by atoms with Crippen LogP contribution in [-0.4, -0.2) is 4.57 Å². The number of ether oxygens (including phenoxy) is 1. The van der Waals surface area contributed by atoms with E-state index in [4.69, 9.17) is 22.1 Å².